The van der Waals surface area contributed by atoms with E-state index in [2.05, 4.69) is 39.5 Å². The lowest BCUT2D eigenvalue weighted by molar-refractivity contribution is 0.190. The molecule has 0 saturated carbocycles. The molecule has 0 aliphatic carbocycles. The Bertz CT molecular complexity index is 406. The van der Waals surface area contributed by atoms with Crippen LogP contribution in [0.1, 0.15) is 25.5 Å². The molecule has 5 heteroatoms. The molecule has 2 atom stereocenters. The average Bonchev–Trinajstić information content (AvgIpc) is 2.33. The predicted octanol–water partition coefficient (Wildman–Crippen LogP) is 1.72. The Morgan fingerprint density at radius 1 is 1.39 bits per heavy atom. The zero-order valence-corrected chi connectivity index (χ0v) is 11.7. The molecule has 1 aromatic heterocycles. The smallest absolute Gasteiger partial charge is 0.224 e. The Labute approximate surface area is 109 Å². The van der Waals surface area contributed by atoms with E-state index in [1.165, 1.54) is 6.42 Å². The Balaban J connectivity index is 2.03. The van der Waals surface area contributed by atoms with Crippen LogP contribution in [0.3, 0.4) is 0 Å². The van der Waals surface area contributed by atoms with E-state index in [0.717, 1.165) is 24.5 Å². The van der Waals surface area contributed by atoms with Crippen LogP contribution in [0.25, 0.3) is 0 Å². The van der Waals surface area contributed by atoms with Gasteiger partial charge < -0.3 is 15.5 Å². The Kier molecular flexibility index (Phi) is 4.01. The van der Waals surface area contributed by atoms with Gasteiger partial charge in [-0.05, 0) is 33.7 Å². The minimum absolute atomic E-state index is 0.509. The number of anilines is 2. The molecule has 2 unspecified atom stereocenters. The topological polar surface area (TPSA) is 53.1 Å². The SMILES string of the molecule is CNc1nc(C)cc(NC2CCN(C)C(C)C2)n1. The zero-order chi connectivity index (χ0) is 13.1. The number of likely N-dealkylation sites (tertiary alicyclic amines) is 1. The molecular weight excluding hydrogens is 226 g/mol. The van der Waals surface area contributed by atoms with Crippen molar-refractivity contribution in [2.24, 2.45) is 0 Å². The molecule has 1 aliphatic heterocycles. The fourth-order valence-corrected chi connectivity index (χ4v) is 2.38. The van der Waals surface area contributed by atoms with Crippen molar-refractivity contribution in [2.75, 3.05) is 31.3 Å². The third-order valence-corrected chi connectivity index (χ3v) is 3.64. The third-order valence-electron chi connectivity index (χ3n) is 3.64. The van der Waals surface area contributed by atoms with E-state index in [1.807, 2.05) is 20.0 Å². The van der Waals surface area contributed by atoms with Gasteiger partial charge in [0.15, 0.2) is 0 Å². The summed E-state index contributed by atoms with van der Waals surface area (Å²) >= 11 is 0. The number of hydrogen-bond acceptors (Lipinski definition) is 5. The lowest BCUT2D eigenvalue weighted by atomic mass is 9.99. The summed E-state index contributed by atoms with van der Waals surface area (Å²) in [6.45, 7) is 5.41. The van der Waals surface area contributed by atoms with Crippen molar-refractivity contribution in [2.45, 2.75) is 38.8 Å². The van der Waals surface area contributed by atoms with Gasteiger partial charge in [-0.2, -0.15) is 4.98 Å². The quantitative estimate of drug-likeness (QED) is 0.854. The van der Waals surface area contributed by atoms with Crippen LogP contribution in [0.15, 0.2) is 6.07 Å². The van der Waals surface area contributed by atoms with Gasteiger partial charge in [-0.15, -0.1) is 0 Å². The first-order chi connectivity index (χ1) is 8.58. The molecule has 1 fully saturated rings. The summed E-state index contributed by atoms with van der Waals surface area (Å²) < 4.78 is 0. The molecule has 5 nitrogen and oxygen atoms in total. The van der Waals surface area contributed by atoms with Gasteiger partial charge in [0.05, 0.1) is 0 Å². The number of piperidine rings is 1. The van der Waals surface area contributed by atoms with Crippen LogP contribution in [-0.2, 0) is 0 Å². The number of nitrogens with zero attached hydrogens (tertiary/aromatic N) is 3. The minimum Gasteiger partial charge on any atom is -0.367 e. The van der Waals surface area contributed by atoms with Crippen LogP contribution < -0.4 is 10.6 Å². The molecule has 1 saturated heterocycles. The highest BCUT2D eigenvalue weighted by molar-refractivity contribution is 5.42. The van der Waals surface area contributed by atoms with Gasteiger partial charge in [0, 0.05) is 37.4 Å². The summed E-state index contributed by atoms with van der Waals surface area (Å²) in [6.07, 6.45) is 2.33. The first-order valence-electron chi connectivity index (χ1n) is 6.58. The van der Waals surface area contributed by atoms with Crippen molar-refractivity contribution in [1.82, 2.24) is 14.9 Å². The van der Waals surface area contributed by atoms with Crippen molar-refractivity contribution < 1.29 is 0 Å². The lowest BCUT2D eigenvalue weighted by Crippen LogP contribution is -2.42. The summed E-state index contributed by atoms with van der Waals surface area (Å²) in [4.78, 5) is 11.2. The van der Waals surface area contributed by atoms with Crippen LogP contribution in [-0.4, -0.2) is 47.6 Å². The first kappa shape index (κ1) is 13.1. The molecule has 100 valence electrons. The molecular formula is C13H23N5. The number of nitrogens with one attached hydrogen (secondary N) is 2. The normalized spacial score (nSPS) is 24.9. The van der Waals surface area contributed by atoms with Gasteiger partial charge in [0.25, 0.3) is 0 Å². The standard InChI is InChI=1S/C13H23N5/c1-9-7-12(17-13(14-3)15-9)16-11-5-6-18(4)10(2)8-11/h7,10-11H,5-6,8H2,1-4H3,(H2,14,15,16,17). The molecule has 0 aromatic carbocycles. The summed E-state index contributed by atoms with van der Waals surface area (Å²) in [7, 11) is 4.03. The summed E-state index contributed by atoms with van der Waals surface area (Å²) in [5, 5.41) is 6.52. The van der Waals surface area contributed by atoms with Gasteiger partial charge in [-0.3, -0.25) is 0 Å². The third kappa shape index (κ3) is 3.10. The van der Waals surface area contributed by atoms with Crippen molar-refractivity contribution in [3.05, 3.63) is 11.8 Å². The second-order valence-corrected chi connectivity index (χ2v) is 5.16. The largest absolute Gasteiger partial charge is 0.367 e. The maximum Gasteiger partial charge on any atom is 0.224 e. The molecule has 0 amide bonds. The van der Waals surface area contributed by atoms with Crippen molar-refractivity contribution >= 4 is 11.8 Å². The van der Waals surface area contributed by atoms with E-state index >= 15 is 0 Å². The van der Waals surface area contributed by atoms with Gasteiger partial charge in [0.2, 0.25) is 5.95 Å². The summed E-state index contributed by atoms with van der Waals surface area (Å²) in [6, 6.07) is 3.14. The Morgan fingerprint density at radius 3 is 2.83 bits per heavy atom. The fourth-order valence-electron chi connectivity index (χ4n) is 2.38. The van der Waals surface area contributed by atoms with E-state index < -0.39 is 0 Å². The second kappa shape index (κ2) is 5.52. The highest BCUT2D eigenvalue weighted by atomic mass is 15.2. The predicted molar refractivity (Wildman–Crippen MR) is 75.1 cm³/mol. The molecule has 18 heavy (non-hydrogen) atoms. The Morgan fingerprint density at radius 2 is 2.17 bits per heavy atom. The van der Waals surface area contributed by atoms with E-state index in [-0.39, 0.29) is 0 Å². The Hall–Kier alpha value is -1.36. The van der Waals surface area contributed by atoms with Gasteiger partial charge >= 0.3 is 0 Å². The van der Waals surface area contributed by atoms with Crippen LogP contribution >= 0.6 is 0 Å². The van der Waals surface area contributed by atoms with E-state index in [0.29, 0.717) is 18.0 Å². The molecule has 2 heterocycles. The van der Waals surface area contributed by atoms with E-state index in [9.17, 15) is 0 Å². The van der Waals surface area contributed by atoms with Crippen LogP contribution in [0.4, 0.5) is 11.8 Å². The minimum atomic E-state index is 0.509. The maximum atomic E-state index is 4.44. The zero-order valence-electron chi connectivity index (χ0n) is 11.7. The van der Waals surface area contributed by atoms with Crippen LogP contribution in [0.2, 0.25) is 0 Å². The first-order valence-corrected chi connectivity index (χ1v) is 6.58. The molecule has 0 radical (unpaired) electrons. The van der Waals surface area contributed by atoms with Crippen LogP contribution in [0.5, 0.6) is 0 Å². The number of hydrogen-bond donors (Lipinski definition) is 2. The number of aryl methyl sites for hydroxylation is 1. The van der Waals surface area contributed by atoms with Crippen molar-refractivity contribution in [3.8, 4) is 0 Å². The summed E-state index contributed by atoms with van der Waals surface area (Å²) in [5.74, 6) is 1.60. The average molecular weight is 249 g/mol. The maximum absolute atomic E-state index is 4.44. The second-order valence-electron chi connectivity index (χ2n) is 5.16. The molecule has 0 bridgehead atoms. The van der Waals surface area contributed by atoms with Crippen LogP contribution in [0, 0.1) is 6.92 Å². The monoisotopic (exact) mass is 249 g/mol. The molecule has 0 spiro atoms. The molecule has 1 aliphatic rings. The fraction of sp³-hybridized carbons (Fsp3) is 0.692. The number of aromatic nitrogens is 2. The molecule has 2 rings (SSSR count). The molecule has 1 aromatic rings. The van der Waals surface area contributed by atoms with Gasteiger partial charge in [-0.25, -0.2) is 4.98 Å². The lowest BCUT2D eigenvalue weighted by Gasteiger charge is -2.35. The highest BCUT2D eigenvalue weighted by Gasteiger charge is 2.22. The van der Waals surface area contributed by atoms with Crippen molar-refractivity contribution in [1.29, 1.82) is 0 Å². The highest BCUT2D eigenvalue weighted by Crippen LogP contribution is 2.19. The van der Waals surface area contributed by atoms with Gasteiger partial charge in [0.1, 0.15) is 5.82 Å². The molecule has 2 N–H and O–H groups in total. The van der Waals surface area contributed by atoms with E-state index in [4.69, 9.17) is 0 Å². The van der Waals surface area contributed by atoms with E-state index in [1.54, 1.807) is 0 Å². The summed E-state index contributed by atoms with van der Waals surface area (Å²) in [5.41, 5.74) is 0.984. The van der Waals surface area contributed by atoms with Gasteiger partial charge in [-0.1, -0.05) is 0 Å². The number of rotatable bonds is 3. The van der Waals surface area contributed by atoms with Crippen molar-refractivity contribution in [3.63, 3.8) is 0 Å².